The van der Waals surface area contributed by atoms with Gasteiger partial charge in [0.2, 0.25) is 5.91 Å². The Balaban J connectivity index is 1.51. The van der Waals surface area contributed by atoms with Gasteiger partial charge in [0.1, 0.15) is 5.54 Å². The average molecular weight is 380 g/mol. The molecule has 0 radical (unpaired) electrons. The standard InChI is InChI=1S/C22H28N4O2/c23-19-10-8-17(9-11-19)12-15-24-20(27)22(13-4-5-14-22)26-21(28)25-16-18-6-2-1-3-7-18/h1-3,6-11H,4-5,12-16,23H2,(H,24,27)(H2,25,26,28). The van der Waals surface area contributed by atoms with Crippen molar-refractivity contribution in [3.05, 3.63) is 65.7 Å². The van der Waals surface area contributed by atoms with Crippen molar-refractivity contribution < 1.29 is 9.59 Å². The summed E-state index contributed by atoms with van der Waals surface area (Å²) in [5.41, 5.74) is 7.74. The van der Waals surface area contributed by atoms with E-state index >= 15 is 0 Å². The fourth-order valence-electron chi connectivity index (χ4n) is 3.60. The topological polar surface area (TPSA) is 96.2 Å². The number of urea groups is 1. The van der Waals surface area contributed by atoms with Gasteiger partial charge in [-0.15, -0.1) is 0 Å². The van der Waals surface area contributed by atoms with Crippen molar-refractivity contribution in [1.82, 2.24) is 16.0 Å². The molecule has 0 atom stereocenters. The second-order valence-electron chi connectivity index (χ2n) is 7.33. The predicted octanol–water partition coefficient (Wildman–Crippen LogP) is 2.74. The maximum absolute atomic E-state index is 12.8. The van der Waals surface area contributed by atoms with Crippen molar-refractivity contribution in [2.45, 2.75) is 44.2 Å². The van der Waals surface area contributed by atoms with Gasteiger partial charge in [0.25, 0.3) is 0 Å². The Labute approximate surface area is 165 Å². The van der Waals surface area contributed by atoms with Gasteiger partial charge in [-0.3, -0.25) is 4.79 Å². The molecule has 6 heteroatoms. The first-order valence-corrected chi connectivity index (χ1v) is 9.80. The first-order chi connectivity index (χ1) is 13.6. The number of nitrogens with one attached hydrogen (secondary N) is 3. The Morgan fingerprint density at radius 2 is 1.57 bits per heavy atom. The molecule has 3 amide bonds. The van der Waals surface area contributed by atoms with Crippen LogP contribution in [0.25, 0.3) is 0 Å². The van der Waals surface area contributed by atoms with Gasteiger partial charge in [0.05, 0.1) is 0 Å². The molecule has 3 rings (SSSR count). The molecular weight excluding hydrogens is 352 g/mol. The number of rotatable bonds is 7. The van der Waals surface area contributed by atoms with Crippen LogP contribution in [0.5, 0.6) is 0 Å². The highest BCUT2D eigenvalue weighted by Gasteiger charge is 2.42. The van der Waals surface area contributed by atoms with Gasteiger partial charge >= 0.3 is 6.03 Å². The minimum absolute atomic E-state index is 0.102. The van der Waals surface area contributed by atoms with Gasteiger partial charge in [0, 0.05) is 18.8 Å². The van der Waals surface area contributed by atoms with Crippen molar-refractivity contribution in [1.29, 1.82) is 0 Å². The Morgan fingerprint density at radius 3 is 2.25 bits per heavy atom. The van der Waals surface area contributed by atoms with Crippen molar-refractivity contribution in [2.24, 2.45) is 0 Å². The summed E-state index contributed by atoms with van der Waals surface area (Å²) < 4.78 is 0. The molecule has 1 saturated carbocycles. The number of nitrogens with two attached hydrogens (primary N) is 1. The van der Waals surface area contributed by atoms with Crippen LogP contribution in [-0.4, -0.2) is 24.0 Å². The number of carbonyl (C=O) groups is 2. The largest absolute Gasteiger partial charge is 0.399 e. The zero-order valence-corrected chi connectivity index (χ0v) is 16.0. The van der Waals surface area contributed by atoms with Crippen molar-refractivity contribution >= 4 is 17.6 Å². The number of hydrogen-bond donors (Lipinski definition) is 4. The van der Waals surface area contributed by atoms with E-state index in [2.05, 4.69) is 16.0 Å². The van der Waals surface area contributed by atoms with Gasteiger partial charge in [-0.1, -0.05) is 55.3 Å². The molecule has 5 N–H and O–H groups in total. The van der Waals surface area contributed by atoms with Crippen LogP contribution in [0.2, 0.25) is 0 Å². The molecule has 0 aliphatic heterocycles. The van der Waals surface area contributed by atoms with E-state index in [1.165, 1.54) is 0 Å². The molecule has 0 aromatic heterocycles. The van der Waals surface area contributed by atoms with E-state index in [-0.39, 0.29) is 11.9 Å². The number of amides is 3. The van der Waals surface area contributed by atoms with E-state index in [0.717, 1.165) is 36.1 Å². The van der Waals surface area contributed by atoms with E-state index in [1.807, 2.05) is 54.6 Å². The molecule has 6 nitrogen and oxygen atoms in total. The third kappa shape index (κ3) is 5.25. The summed E-state index contributed by atoms with van der Waals surface area (Å²) in [4.78, 5) is 25.2. The van der Waals surface area contributed by atoms with E-state index < -0.39 is 5.54 Å². The van der Waals surface area contributed by atoms with Gasteiger partial charge in [-0.2, -0.15) is 0 Å². The van der Waals surface area contributed by atoms with Crippen LogP contribution < -0.4 is 21.7 Å². The molecule has 0 heterocycles. The number of hydrogen-bond acceptors (Lipinski definition) is 3. The van der Waals surface area contributed by atoms with Crippen LogP contribution in [0.15, 0.2) is 54.6 Å². The van der Waals surface area contributed by atoms with Gasteiger partial charge in [-0.25, -0.2) is 4.79 Å². The number of carbonyl (C=O) groups excluding carboxylic acids is 2. The quantitative estimate of drug-likeness (QED) is 0.556. The van der Waals surface area contributed by atoms with E-state index in [4.69, 9.17) is 5.73 Å². The Bertz CT molecular complexity index is 784. The summed E-state index contributed by atoms with van der Waals surface area (Å²) in [6, 6.07) is 17.0. The Kier molecular flexibility index (Phi) is 6.53. The fraction of sp³-hybridized carbons (Fsp3) is 0.364. The summed E-state index contributed by atoms with van der Waals surface area (Å²) >= 11 is 0. The van der Waals surface area contributed by atoms with Gasteiger partial charge < -0.3 is 21.7 Å². The van der Waals surface area contributed by atoms with Crippen LogP contribution in [-0.2, 0) is 17.8 Å². The zero-order chi connectivity index (χ0) is 19.8. The maximum Gasteiger partial charge on any atom is 0.315 e. The highest BCUT2D eigenvalue weighted by molar-refractivity contribution is 5.91. The summed E-state index contributed by atoms with van der Waals surface area (Å²) in [5.74, 6) is -0.102. The highest BCUT2D eigenvalue weighted by Crippen LogP contribution is 2.30. The lowest BCUT2D eigenvalue weighted by Gasteiger charge is -2.29. The molecule has 1 aliphatic rings. The zero-order valence-electron chi connectivity index (χ0n) is 16.0. The minimum atomic E-state index is -0.818. The molecule has 148 valence electrons. The monoisotopic (exact) mass is 380 g/mol. The molecule has 28 heavy (non-hydrogen) atoms. The Hall–Kier alpha value is -3.02. The maximum atomic E-state index is 12.8. The minimum Gasteiger partial charge on any atom is -0.399 e. The molecule has 1 fully saturated rings. The van der Waals surface area contributed by atoms with Gasteiger partial charge in [-0.05, 0) is 42.5 Å². The number of benzene rings is 2. The fourth-order valence-corrected chi connectivity index (χ4v) is 3.60. The summed E-state index contributed by atoms with van der Waals surface area (Å²) in [6.07, 6.45) is 3.93. The van der Waals surface area contributed by atoms with Crippen molar-refractivity contribution in [3.63, 3.8) is 0 Å². The molecule has 0 bridgehead atoms. The first kappa shape index (κ1) is 19.7. The van der Waals surface area contributed by atoms with Crippen LogP contribution in [0.1, 0.15) is 36.8 Å². The molecule has 2 aromatic carbocycles. The van der Waals surface area contributed by atoms with Crippen LogP contribution in [0, 0.1) is 0 Å². The van der Waals surface area contributed by atoms with Crippen molar-refractivity contribution in [3.8, 4) is 0 Å². The third-order valence-electron chi connectivity index (χ3n) is 5.22. The normalized spacial score (nSPS) is 15.0. The van der Waals surface area contributed by atoms with Crippen LogP contribution in [0.4, 0.5) is 10.5 Å². The predicted molar refractivity (Wildman–Crippen MR) is 111 cm³/mol. The number of anilines is 1. The summed E-state index contributed by atoms with van der Waals surface area (Å²) in [6.45, 7) is 0.958. The van der Waals surface area contributed by atoms with E-state index in [0.29, 0.717) is 25.9 Å². The second-order valence-corrected chi connectivity index (χ2v) is 7.33. The SMILES string of the molecule is Nc1ccc(CCNC(=O)C2(NC(=O)NCc3ccccc3)CCCC2)cc1. The molecular formula is C22H28N4O2. The average Bonchev–Trinajstić information content (AvgIpc) is 3.18. The molecule has 0 spiro atoms. The van der Waals surface area contributed by atoms with Crippen LogP contribution in [0.3, 0.4) is 0 Å². The lowest BCUT2D eigenvalue weighted by atomic mass is 9.96. The van der Waals surface area contributed by atoms with E-state index in [9.17, 15) is 9.59 Å². The Morgan fingerprint density at radius 1 is 0.893 bits per heavy atom. The first-order valence-electron chi connectivity index (χ1n) is 9.80. The highest BCUT2D eigenvalue weighted by atomic mass is 16.2. The van der Waals surface area contributed by atoms with E-state index in [1.54, 1.807) is 0 Å². The molecule has 2 aromatic rings. The molecule has 1 aliphatic carbocycles. The second kappa shape index (κ2) is 9.26. The summed E-state index contributed by atoms with van der Waals surface area (Å²) in [7, 11) is 0. The smallest absolute Gasteiger partial charge is 0.315 e. The van der Waals surface area contributed by atoms with Crippen LogP contribution >= 0.6 is 0 Å². The molecule has 0 unspecified atom stereocenters. The third-order valence-corrected chi connectivity index (χ3v) is 5.22. The lowest BCUT2D eigenvalue weighted by Crippen LogP contribution is -2.59. The van der Waals surface area contributed by atoms with Crippen molar-refractivity contribution in [2.75, 3.05) is 12.3 Å². The molecule has 0 saturated heterocycles. The number of nitrogen functional groups attached to an aromatic ring is 1. The lowest BCUT2D eigenvalue weighted by molar-refractivity contribution is -0.127. The summed E-state index contributed by atoms with van der Waals surface area (Å²) in [5, 5.41) is 8.79. The van der Waals surface area contributed by atoms with Gasteiger partial charge in [0.15, 0.2) is 0 Å².